The number of alkyl halides is 1. The van der Waals surface area contributed by atoms with Gasteiger partial charge in [-0.25, -0.2) is 0 Å². The quantitative estimate of drug-likeness (QED) is 0.102. The number of thiocarbonyl (C=S) groups is 1. The van der Waals surface area contributed by atoms with Crippen LogP contribution in [0, 0.1) is 0 Å². The molecule has 0 aromatic heterocycles. The fourth-order valence-electron chi connectivity index (χ4n) is 4.07. The summed E-state index contributed by atoms with van der Waals surface area (Å²) in [5.74, 6) is 0. The highest BCUT2D eigenvalue weighted by Gasteiger charge is 2.26. The van der Waals surface area contributed by atoms with Gasteiger partial charge in [0.25, 0.3) is 0 Å². The molecule has 0 radical (unpaired) electrons. The van der Waals surface area contributed by atoms with Gasteiger partial charge >= 0.3 is 0 Å². The molecule has 0 spiro atoms. The van der Waals surface area contributed by atoms with Gasteiger partial charge in [0.1, 0.15) is 0 Å². The third-order valence-electron chi connectivity index (χ3n) is 6.31. The van der Waals surface area contributed by atoms with E-state index in [0.717, 1.165) is 4.86 Å². The van der Waals surface area contributed by atoms with E-state index in [2.05, 4.69) is 90.8 Å². The number of hydrogen-bond acceptors (Lipinski definition) is 1. The minimum atomic E-state index is -0.250. The monoisotopic (exact) mass is 685 g/mol. The average Bonchev–Trinajstić information content (AvgIpc) is 3.85. The Kier molecular flexibility index (Phi) is 46.9. The minimum absolute atomic E-state index is 0.250. The van der Waals surface area contributed by atoms with Crippen molar-refractivity contribution in [1.82, 2.24) is 0 Å². The second-order valence-corrected chi connectivity index (χ2v) is 12.6. The van der Waals surface area contributed by atoms with Crippen LogP contribution in [0.25, 0.3) is 0 Å². The molecule has 0 saturated carbocycles. The zero-order chi connectivity index (χ0) is 38.5. The first-order valence-corrected chi connectivity index (χ1v) is 19.3. The minimum Gasteiger partial charge on any atom is -0.251 e. The molecule has 0 unspecified atom stereocenters. The molecule has 1 aromatic rings. The van der Waals surface area contributed by atoms with E-state index >= 15 is 0 Å². The summed E-state index contributed by atoms with van der Waals surface area (Å²) in [6.07, 6.45) is 18.8. The lowest BCUT2D eigenvalue weighted by molar-refractivity contribution is 0.527. The van der Waals surface area contributed by atoms with Crippen LogP contribution < -0.4 is 0 Å². The van der Waals surface area contributed by atoms with Gasteiger partial charge in [0.15, 0.2) is 0 Å². The van der Waals surface area contributed by atoms with Crippen molar-refractivity contribution in [1.29, 1.82) is 0 Å². The van der Waals surface area contributed by atoms with Crippen LogP contribution in [0.1, 0.15) is 179 Å². The van der Waals surface area contributed by atoms with Crippen molar-refractivity contribution in [3.63, 3.8) is 0 Å². The fraction of sp³-hybridized carbons (Fsp3) is 0.587. The van der Waals surface area contributed by atoms with Gasteiger partial charge < -0.3 is 0 Å². The van der Waals surface area contributed by atoms with Crippen LogP contribution >= 0.6 is 12.2 Å². The molecule has 1 aromatic carbocycles. The van der Waals surface area contributed by atoms with Crippen LogP contribution in [0.15, 0.2) is 95.2 Å². The molecule has 2 heteroatoms. The SMILES string of the molecule is C=C(C)/C(=C\C)CCC.C=C(C)C.C=C(C)C.CC.CC.CCCCC1=CCCC2=C1C2.CCCCc1ccc(C(C)=S)cc1.CCF. The average molecular weight is 685 g/mol. The van der Waals surface area contributed by atoms with Gasteiger partial charge in [-0.15, -0.1) is 13.2 Å². The summed E-state index contributed by atoms with van der Waals surface area (Å²) < 4.78 is 10.3. The van der Waals surface area contributed by atoms with Crippen molar-refractivity contribution >= 4 is 17.1 Å². The van der Waals surface area contributed by atoms with Crippen molar-refractivity contribution in [2.24, 2.45) is 0 Å². The molecular weight excluding hydrogens is 604 g/mol. The molecule has 0 N–H and O–H groups in total. The van der Waals surface area contributed by atoms with Crippen LogP contribution in [0.2, 0.25) is 0 Å². The van der Waals surface area contributed by atoms with Crippen molar-refractivity contribution in [2.45, 2.75) is 174 Å². The van der Waals surface area contributed by atoms with Crippen molar-refractivity contribution in [3.8, 4) is 0 Å². The number of rotatable bonds is 10. The Morgan fingerprint density at radius 2 is 1.21 bits per heavy atom. The summed E-state index contributed by atoms with van der Waals surface area (Å²) >= 11 is 5.09. The topological polar surface area (TPSA) is 0 Å². The number of hydrogen-bond donors (Lipinski definition) is 0. The molecule has 0 saturated heterocycles. The molecule has 0 heterocycles. The highest BCUT2D eigenvalue weighted by molar-refractivity contribution is 7.80. The van der Waals surface area contributed by atoms with E-state index in [0.29, 0.717) is 0 Å². The van der Waals surface area contributed by atoms with Gasteiger partial charge in [0.2, 0.25) is 0 Å². The maximum atomic E-state index is 10.3. The molecule has 48 heavy (non-hydrogen) atoms. The second kappa shape index (κ2) is 40.9. The molecule has 2 aliphatic carbocycles. The third kappa shape index (κ3) is 39.9. The van der Waals surface area contributed by atoms with E-state index in [-0.39, 0.29) is 6.67 Å². The molecule has 3 rings (SSSR count). The molecule has 0 bridgehead atoms. The molecule has 0 amide bonds. The van der Waals surface area contributed by atoms with Gasteiger partial charge in [-0.3, -0.25) is 4.39 Å². The Morgan fingerprint density at radius 3 is 1.54 bits per heavy atom. The fourth-order valence-corrected chi connectivity index (χ4v) is 4.21. The molecule has 0 fully saturated rings. The number of halogens is 1. The van der Waals surface area contributed by atoms with E-state index in [4.69, 9.17) is 12.2 Å². The molecular formula is C46H81FS. The lowest BCUT2D eigenvalue weighted by Gasteiger charge is -2.04. The van der Waals surface area contributed by atoms with E-state index in [1.165, 1.54) is 111 Å². The predicted molar refractivity (Wildman–Crippen MR) is 230 cm³/mol. The van der Waals surface area contributed by atoms with Crippen LogP contribution in [0.5, 0.6) is 0 Å². The number of aryl methyl sites for hydroxylation is 1. The van der Waals surface area contributed by atoms with Crippen LogP contribution in [0.3, 0.4) is 0 Å². The summed E-state index contributed by atoms with van der Waals surface area (Å²) in [5, 5.41) is 0. The Bertz CT molecular complexity index is 1010. The maximum Gasteiger partial charge on any atom is 0.0866 e. The Morgan fingerprint density at radius 1 is 0.771 bits per heavy atom. The first-order chi connectivity index (χ1) is 22.7. The lowest BCUT2D eigenvalue weighted by Crippen LogP contribution is -1.91. The molecule has 0 nitrogen and oxygen atoms in total. The standard InChI is InChI=1S/C12H16S.C11H16.C9H16.2C4H8.C2H5F.2C2H6/c1-3-4-5-11-6-8-12(9-7-11)10(2)13;1-2-3-5-9-6-4-7-10-8-11(9)10;1-5-7-9(6-2)8(3)4;2*1-4(2)3;1-2-3;2*1-2/h6-9H,3-5H2,1-2H3;6H,2-5,7-8H2,1H3;6H,3,5,7H2,1-2,4H3;2*1H2,2-3H3;2H2,1H3;2*1-2H3/b;;9-6-;;;;;. The predicted octanol–water partition coefficient (Wildman–Crippen LogP) is 16.9. The largest absolute Gasteiger partial charge is 0.251 e. The van der Waals surface area contributed by atoms with Gasteiger partial charge in [0.05, 0.1) is 6.67 Å². The van der Waals surface area contributed by atoms with E-state index in [9.17, 15) is 4.39 Å². The summed E-state index contributed by atoms with van der Waals surface area (Å²) in [5.41, 5.74) is 12.7. The number of allylic oxidation sites excluding steroid dienone is 9. The van der Waals surface area contributed by atoms with Crippen molar-refractivity contribution in [3.05, 3.63) is 106 Å². The lowest BCUT2D eigenvalue weighted by atomic mass is 10.0. The first kappa shape index (κ1) is 55.1. The van der Waals surface area contributed by atoms with E-state index in [1.54, 1.807) is 16.7 Å². The van der Waals surface area contributed by atoms with Crippen LogP contribution in [0.4, 0.5) is 4.39 Å². The van der Waals surface area contributed by atoms with Crippen LogP contribution in [-0.4, -0.2) is 11.5 Å². The van der Waals surface area contributed by atoms with E-state index < -0.39 is 0 Å². The normalized spacial score (nSPS) is 11.5. The van der Waals surface area contributed by atoms with Gasteiger partial charge in [-0.05, 0) is 135 Å². The molecule has 2 aliphatic rings. The Balaban J connectivity index is -0.000000161. The zero-order valence-corrected chi connectivity index (χ0v) is 35.7. The maximum absolute atomic E-state index is 10.3. The highest BCUT2D eigenvalue weighted by Crippen LogP contribution is 2.45. The smallest absolute Gasteiger partial charge is 0.0866 e. The third-order valence-corrected chi connectivity index (χ3v) is 6.55. The first-order valence-electron chi connectivity index (χ1n) is 18.9. The van der Waals surface area contributed by atoms with Gasteiger partial charge in [0, 0.05) is 4.86 Å². The molecule has 0 aliphatic heterocycles. The highest BCUT2D eigenvalue weighted by atomic mass is 32.1. The summed E-state index contributed by atoms with van der Waals surface area (Å²) in [7, 11) is 0. The molecule has 278 valence electrons. The molecule has 0 atom stereocenters. The Hall–Kier alpha value is -2.32. The zero-order valence-electron chi connectivity index (χ0n) is 34.9. The Labute approximate surface area is 307 Å². The van der Waals surface area contributed by atoms with Crippen molar-refractivity contribution in [2.75, 3.05) is 6.67 Å². The summed E-state index contributed by atoms with van der Waals surface area (Å²) in [6, 6.07) is 8.60. The number of unbranched alkanes of at least 4 members (excludes halogenated alkanes) is 2. The second-order valence-electron chi connectivity index (χ2n) is 12.0. The summed E-state index contributed by atoms with van der Waals surface area (Å²) in [6.45, 7) is 40.9. The van der Waals surface area contributed by atoms with E-state index in [1.807, 2.05) is 62.3 Å². The van der Waals surface area contributed by atoms with Gasteiger partial charge in [-0.2, -0.15) is 0 Å². The van der Waals surface area contributed by atoms with Crippen molar-refractivity contribution < 1.29 is 4.39 Å². The van der Waals surface area contributed by atoms with Gasteiger partial charge in [-0.1, -0.05) is 145 Å². The number of benzene rings is 1. The summed E-state index contributed by atoms with van der Waals surface area (Å²) in [4.78, 5) is 0.974. The van der Waals surface area contributed by atoms with Crippen LogP contribution in [-0.2, 0) is 6.42 Å².